The van der Waals surface area contributed by atoms with Crippen LogP contribution in [0.3, 0.4) is 0 Å². The number of hydrogen-bond donors (Lipinski definition) is 0. The normalized spacial score (nSPS) is 12.8. The molecule has 24 heavy (non-hydrogen) atoms. The minimum atomic E-state index is -0.410. The molecule has 0 amide bonds. The fourth-order valence-corrected chi connectivity index (χ4v) is 2.32. The fraction of sp³-hybridized carbons (Fsp3) is 0.667. The van der Waals surface area contributed by atoms with Crippen LogP contribution in [0.25, 0.3) is 0 Å². The van der Waals surface area contributed by atoms with Crippen LogP contribution in [0.2, 0.25) is 0 Å². The number of nitro groups is 1. The second-order valence-corrected chi connectivity index (χ2v) is 6.17. The Kier molecular flexibility index (Phi) is 5.66. The van der Waals surface area contributed by atoms with E-state index in [0.717, 1.165) is 0 Å². The molecule has 0 fully saturated rings. The van der Waals surface area contributed by atoms with Crippen molar-refractivity contribution in [1.29, 1.82) is 0 Å². The van der Waals surface area contributed by atoms with Gasteiger partial charge in [0.1, 0.15) is 17.5 Å². The predicted octanol–water partition coefficient (Wildman–Crippen LogP) is 2.77. The summed E-state index contributed by atoms with van der Waals surface area (Å²) in [5, 5.41) is 19.1. The van der Waals surface area contributed by atoms with Crippen molar-refractivity contribution in [3.05, 3.63) is 33.2 Å². The molecule has 9 nitrogen and oxygen atoms in total. The Bertz CT molecular complexity index is 707. The van der Waals surface area contributed by atoms with Gasteiger partial charge in [0, 0.05) is 13.0 Å². The molecule has 0 aliphatic rings. The maximum absolute atomic E-state index is 11.0. The molecule has 0 spiro atoms. The van der Waals surface area contributed by atoms with Crippen molar-refractivity contribution in [3.63, 3.8) is 0 Å². The zero-order valence-electron chi connectivity index (χ0n) is 14.6. The zero-order chi connectivity index (χ0) is 17.9. The highest BCUT2D eigenvalue weighted by Crippen LogP contribution is 2.22. The van der Waals surface area contributed by atoms with Gasteiger partial charge in [-0.25, -0.2) is 0 Å². The topological polar surface area (TPSA) is 109 Å². The van der Waals surface area contributed by atoms with Gasteiger partial charge in [0.15, 0.2) is 5.82 Å². The van der Waals surface area contributed by atoms with E-state index in [1.165, 1.54) is 0 Å². The largest absolute Gasteiger partial charge is 0.370 e. The van der Waals surface area contributed by atoms with Crippen LogP contribution in [0, 0.1) is 29.9 Å². The molecule has 2 aromatic heterocycles. The van der Waals surface area contributed by atoms with E-state index in [0.29, 0.717) is 48.6 Å². The smallest absolute Gasteiger partial charge is 0.312 e. The molecule has 0 radical (unpaired) electrons. The number of aryl methyl sites for hydroxylation is 3. The summed E-state index contributed by atoms with van der Waals surface area (Å²) in [5.41, 5.74) is 0.974. The van der Waals surface area contributed by atoms with Gasteiger partial charge in [-0.05, 0) is 26.7 Å². The first kappa shape index (κ1) is 18.1. The third-order valence-corrected chi connectivity index (χ3v) is 3.59. The van der Waals surface area contributed by atoms with Crippen LogP contribution < -0.4 is 0 Å². The van der Waals surface area contributed by atoms with Gasteiger partial charge in [-0.3, -0.25) is 14.8 Å². The molecule has 0 N–H and O–H groups in total. The molecular weight excluding hydrogens is 314 g/mol. The molecule has 0 saturated heterocycles. The molecule has 9 heteroatoms. The summed E-state index contributed by atoms with van der Waals surface area (Å²) >= 11 is 0. The van der Waals surface area contributed by atoms with E-state index in [1.54, 1.807) is 18.5 Å². The van der Waals surface area contributed by atoms with Gasteiger partial charge in [-0.15, -0.1) is 0 Å². The molecule has 0 unspecified atom stereocenters. The van der Waals surface area contributed by atoms with Gasteiger partial charge < -0.3 is 9.26 Å². The van der Waals surface area contributed by atoms with E-state index in [9.17, 15) is 10.1 Å². The average molecular weight is 337 g/mol. The van der Waals surface area contributed by atoms with Crippen LogP contribution in [0.5, 0.6) is 0 Å². The number of nitrogens with zero attached hydrogens (tertiary/aromatic N) is 5. The average Bonchev–Trinajstić information content (AvgIpc) is 3.07. The van der Waals surface area contributed by atoms with Crippen molar-refractivity contribution in [2.24, 2.45) is 5.92 Å². The molecule has 2 rings (SSSR count). The number of rotatable bonds is 8. The first-order valence-electron chi connectivity index (χ1n) is 7.92. The van der Waals surface area contributed by atoms with Gasteiger partial charge in [-0.1, -0.05) is 19.0 Å². The Labute approximate surface area is 140 Å². The lowest BCUT2D eigenvalue weighted by molar-refractivity contribution is -0.386. The summed E-state index contributed by atoms with van der Waals surface area (Å²) < 4.78 is 12.5. The molecule has 0 bridgehead atoms. The minimum Gasteiger partial charge on any atom is -0.370 e. The van der Waals surface area contributed by atoms with E-state index in [1.807, 2.05) is 6.92 Å². The highest BCUT2D eigenvalue weighted by Gasteiger charge is 2.22. The quantitative estimate of drug-likeness (QED) is 0.538. The first-order valence-corrected chi connectivity index (χ1v) is 7.92. The predicted molar refractivity (Wildman–Crippen MR) is 85.6 cm³/mol. The number of aromatic nitrogens is 4. The van der Waals surface area contributed by atoms with Crippen molar-refractivity contribution in [2.75, 3.05) is 6.61 Å². The van der Waals surface area contributed by atoms with Gasteiger partial charge in [0.05, 0.1) is 11.5 Å². The Morgan fingerprint density at radius 2 is 2.04 bits per heavy atom. The van der Waals surface area contributed by atoms with Crippen LogP contribution >= 0.6 is 0 Å². The van der Waals surface area contributed by atoms with Crippen molar-refractivity contribution >= 4 is 5.69 Å². The van der Waals surface area contributed by atoms with Crippen LogP contribution in [0.15, 0.2) is 4.52 Å². The monoisotopic (exact) mass is 337 g/mol. The van der Waals surface area contributed by atoms with E-state index >= 15 is 0 Å². The summed E-state index contributed by atoms with van der Waals surface area (Å²) in [7, 11) is 0. The minimum absolute atomic E-state index is 0.0527. The molecule has 0 aromatic carbocycles. The second kappa shape index (κ2) is 7.52. The summed E-state index contributed by atoms with van der Waals surface area (Å²) in [6.45, 7) is 10.4. The SMILES string of the molecule is Cc1nn(CCc2nc([C@H](C)OCC(C)C)no2)c(C)c1[N+](=O)[O-]. The van der Waals surface area contributed by atoms with Gasteiger partial charge in [0.2, 0.25) is 5.89 Å². The van der Waals surface area contributed by atoms with Crippen LogP contribution in [0.4, 0.5) is 5.69 Å². The molecule has 0 aliphatic heterocycles. The number of ether oxygens (including phenoxy) is 1. The summed E-state index contributed by atoms with van der Waals surface area (Å²) in [6.07, 6.45) is 0.211. The third-order valence-electron chi connectivity index (χ3n) is 3.59. The standard InChI is InChI=1S/C15H23N5O4/c1-9(2)8-23-12(5)15-16-13(24-18-15)6-7-19-11(4)14(20(21)22)10(3)17-19/h9,12H,6-8H2,1-5H3/t12-/m0/s1. The first-order chi connectivity index (χ1) is 11.3. The molecule has 0 saturated carbocycles. The van der Waals surface area contributed by atoms with Crippen LogP contribution in [-0.4, -0.2) is 31.5 Å². The summed E-state index contributed by atoms with van der Waals surface area (Å²) in [5.74, 6) is 1.39. The molecule has 0 aliphatic carbocycles. The zero-order valence-corrected chi connectivity index (χ0v) is 14.6. The van der Waals surface area contributed by atoms with Crippen LogP contribution in [-0.2, 0) is 17.7 Å². The Morgan fingerprint density at radius 3 is 2.62 bits per heavy atom. The lowest BCUT2D eigenvalue weighted by Gasteiger charge is -2.10. The highest BCUT2D eigenvalue weighted by molar-refractivity contribution is 5.39. The van der Waals surface area contributed by atoms with E-state index in [2.05, 4.69) is 29.1 Å². The molecule has 1 atom stereocenters. The van der Waals surface area contributed by atoms with Gasteiger partial charge in [-0.2, -0.15) is 10.1 Å². The maximum atomic E-state index is 11.0. The summed E-state index contributed by atoms with van der Waals surface area (Å²) in [4.78, 5) is 14.9. The molecule has 2 heterocycles. The molecule has 132 valence electrons. The fourth-order valence-electron chi connectivity index (χ4n) is 2.32. The van der Waals surface area contributed by atoms with E-state index in [-0.39, 0.29) is 11.8 Å². The highest BCUT2D eigenvalue weighted by atomic mass is 16.6. The second-order valence-electron chi connectivity index (χ2n) is 6.17. The third kappa shape index (κ3) is 4.16. The maximum Gasteiger partial charge on any atom is 0.312 e. The number of hydrogen-bond acceptors (Lipinski definition) is 7. The van der Waals surface area contributed by atoms with Crippen molar-refractivity contribution in [3.8, 4) is 0 Å². The van der Waals surface area contributed by atoms with Gasteiger partial charge in [0.25, 0.3) is 0 Å². The lowest BCUT2D eigenvalue weighted by atomic mass is 10.2. The Hall–Kier alpha value is -2.29. The molecule has 2 aromatic rings. The van der Waals surface area contributed by atoms with Crippen molar-refractivity contribution in [1.82, 2.24) is 19.9 Å². The summed E-state index contributed by atoms with van der Waals surface area (Å²) in [6, 6.07) is 0. The van der Waals surface area contributed by atoms with E-state index < -0.39 is 4.92 Å². The Morgan fingerprint density at radius 1 is 1.33 bits per heavy atom. The van der Waals surface area contributed by atoms with Crippen molar-refractivity contribution in [2.45, 2.75) is 53.7 Å². The van der Waals surface area contributed by atoms with Crippen molar-refractivity contribution < 1.29 is 14.2 Å². The van der Waals surface area contributed by atoms with Gasteiger partial charge >= 0.3 is 5.69 Å². The van der Waals surface area contributed by atoms with E-state index in [4.69, 9.17) is 9.26 Å². The molecular formula is C15H23N5O4. The Balaban J connectivity index is 1.99. The van der Waals surface area contributed by atoms with Crippen LogP contribution in [0.1, 0.15) is 50.0 Å². The lowest BCUT2D eigenvalue weighted by Crippen LogP contribution is -2.08.